The first-order valence-corrected chi connectivity index (χ1v) is 6.19. The average Bonchev–Trinajstić information content (AvgIpc) is 2.27. The van der Waals surface area contributed by atoms with Gasteiger partial charge < -0.3 is 10.2 Å². The maximum atomic E-state index is 11.5. The highest BCUT2D eigenvalue weighted by molar-refractivity contribution is 5.77. The zero-order chi connectivity index (χ0) is 12.0. The SMILES string of the molecule is CN(CCC1CCNCC1)CC(=O)N(C)C. The lowest BCUT2D eigenvalue weighted by Crippen LogP contribution is -2.36. The zero-order valence-corrected chi connectivity index (χ0v) is 10.8. The van der Waals surface area contributed by atoms with Crippen LogP contribution in [0.15, 0.2) is 0 Å². The van der Waals surface area contributed by atoms with Crippen LogP contribution in [0.25, 0.3) is 0 Å². The summed E-state index contributed by atoms with van der Waals surface area (Å²) in [6, 6.07) is 0. The minimum absolute atomic E-state index is 0.188. The van der Waals surface area contributed by atoms with Gasteiger partial charge in [0.15, 0.2) is 0 Å². The third-order valence-electron chi connectivity index (χ3n) is 3.28. The topological polar surface area (TPSA) is 35.6 Å². The van der Waals surface area contributed by atoms with Crippen LogP contribution in [0.1, 0.15) is 19.3 Å². The summed E-state index contributed by atoms with van der Waals surface area (Å²) in [5, 5.41) is 3.38. The quantitative estimate of drug-likeness (QED) is 0.738. The number of carbonyl (C=O) groups excluding carboxylic acids is 1. The summed E-state index contributed by atoms with van der Waals surface area (Å²) in [4.78, 5) is 15.3. The van der Waals surface area contributed by atoms with Gasteiger partial charge in [-0.25, -0.2) is 0 Å². The van der Waals surface area contributed by atoms with Crippen molar-refractivity contribution in [1.29, 1.82) is 0 Å². The molecule has 0 saturated carbocycles. The Balaban J connectivity index is 2.13. The number of nitrogens with zero attached hydrogens (tertiary/aromatic N) is 2. The second kappa shape index (κ2) is 6.86. The van der Waals surface area contributed by atoms with Crippen LogP contribution in [0, 0.1) is 5.92 Å². The molecule has 1 heterocycles. The van der Waals surface area contributed by atoms with Gasteiger partial charge in [0.25, 0.3) is 0 Å². The molecule has 1 aliphatic rings. The molecule has 0 atom stereocenters. The van der Waals surface area contributed by atoms with Crippen LogP contribution in [-0.4, -0.2) is 63.0 Å². The summed E-state index contributed by atoms with van der Waals surface area (Å²) in [5.74, 6) is 1.03. The van der Waals surface area contributed by atoms with E-state index in [0.29, 0.717) is 6.54 Å². The number of likely N-dealkylation sites (N-methyl/N-ethyl adjacent to an activating group) is 2. The molecule has 4 nitrogen and oxygen atoms in total. The molecule has 0 aromatic rings. The van der Waals surface area contributed by atoms with E-state index in [9.17, 15) is 4.79 Å². The van der Waals surface area contributed by atoms with Crippen molar-refractivity contribution in [1.82, 2.24) is 15.1 Å². The van der Waals surface area contributed by atoms with Gasteiger partial charge in [-0.3, -0.25) is 9.69 Å². The minimum Gasteiger partial charge on any atom is -0.348 e. The summed E-state index contributed by atoms with van der Waals surface area (Å²) >= 11 is 0. The fourth-order valence-electron chi connectivity index (χ4n) is 2.02. The molecule has 1 rings (SSSR count). The summed E-state index contributed by atoms with van der Waals surface area (Å²) in [5.41, 5.74) is 0. The van der Waals surface area contributed by atoms with Crippen molar-refractivity contribution in [2.45, 2.75) is 19.3 Å². The molecule has 0 aromatic carbocycles. The number of rotatable bonds is 5. The van der Waals surface area contributed by atoms with E-state index in [2.05, 4.69) is 10.2 Å². The first-order chi connectivity index (χ1) is 7.59. The second-order valence-corrected chi connectivity index (χ2v) is 5.01. The van der Waals surface area contributed by atoms with Gasteiger partial charge >= 0.3 is 0 Å². The van der Waals surface area contributed by atoms with Crippen LogP contribution >= 0.6 is 0 Å². The molecular weight excluding hydrogens is 202 g/mol. The minimum atomic E-state index is 0.188. The molecule has 0 spiro atoms. The number of hydrogen-bond donors (Lipinski definition) is 1. The van der Waals surface area contributed by atoms with Crippen LogP contribution in [0.4, 0.5) is 0 Å². The van der Waals surface area contributed by atoms with Gasteiger partial charge in [-0.1, -0.05) is 0 Å². The predicted molar refractivity (Wildman–Crippen MR) is 66.4 cm³/mol. The summed E-state index contributed by atoms with van der Waals surface area (Å²) in [7, 11) is 5.65. The molecule has 16 heavy (non-hydrogen) atoms. The van der Waals surface area contributed by atoms with Crippen LogP contribution in [0.3, 0.4) is 0 Å². The molecule has 1 aliphatic heterocycles. The molecule has 0 unspecified atom stereocenters. The molecule has 0 aromatic heterocycles. The lowest BCUT2D eigenvalue weighted by molar-refractivity contribution is -0.129. The summed E-state index contributed by atoms with van der Waals surface area (Å²) in [6.45, 7) is 3.89. The van der Waals surface area contributed by atoms with Crippen molar-refractivity contribution in [3.05, 3.63) is 0 Å². The Labute approximate surface area is 99.0 Å². The van der Waals surface area contributed by atoms with Crippen molar-refractivity contribution in [3.63, 3.8) is 0 Å². The van der Waals surface area contributed by atoms with Gasteiger partial charge in [-0.15, -0.1) is 0 Å². The Bertz CT molecular complexity index is 212. The normalized spacial score (nSPS) is 17.8. The second-order valence-electron chi connectivity index (χ2n) is 5.01. The van der Waals surface area contributed by atoms with Crippen molar-refractivity contribution < 1.29 is 4.79 Å². The summed E-state index contributed by atoms with van der Waals surface area (Å²) < 4.78 is 0. The highest BCUT2D eigenvalue weighted by Crippen LogP contribution is 2.15. The third-order valence-corrected chi connectivity index (χ3v) is 3.28. The third kappa shape index (κ3) is 4.94. The lowest BCUT2D eigenvalue weighted by Gasteiger charge is -2.25. The van der Waals surface area contributed by atoms with Gasteiger partial charge in [-0.2, -0.15) is 0 Å². The van der Waals surface area contributed by atoms with E-state index in [0.717, 1.165) is 25.6 Å². The molecule has 1 saturated heterocycles. The molecule has 94 valence electrons. The highest BCUT2D eigenvalue weighted by Gasteiger charge is 2.14. The van der Waals surface area contributed by atoms with E-state index in [1.807, 2.05) is 21.1 Å². The Morgan fingerprint density at radius 3 is 2.44 bits per heavy atom. The number of hydrogen-bond acceptors (Lipinski definition) is 3. The maximum absolute atomic E-state index is 11.5. The zero-order valence-electron chi connectivity index (χ0n) is 10.8. The van der Waals surface area contributed by atoms with E-state index in [-0.39, 0.29) is 5.91 Å². The Kier molecular flexibility index (Phi) is 5.77. The number of amides is 1. The number of carbonyl (C=O) groups is 1. The van der Waals surface area contributed by atoms with Crippen LogP contribution < -0.4 is 5.32 Å². The molecule has 0 bridgehead atoms. The van der Waals surface area contributed by atoms with E-state index in [1.54, 1.807) is 4.90 Å². The number of nitrogens with one attached hydrogen (secondary N) is 1. The molecular formula is C12H25N3O. The van der Waals surface area contributed by atoms with Gasteiger partial charge in [0.05, 0.1) is 6.54 Å². The molecule has 1 fully saturated rings. The summed E-state index contributed by atoms with van der Waals surface area (Å²) in [6.07, 6.45) is 3.80. The standard InChI is InChI=1S/C12H25N3O/c1-14(2)12(16)10-15(3)9-6-11-4-7-13-8-5-11/h11,13H,4-10H2,1-3H3. The van der Waals surface area contributed by atoms with Crippen LogP contribution in [0.5, 0.6) is 0 Å². The first-order valence-electron chi connectivity index (χ1n) is 6.19. The lowest BCUT2D eigenvalue weighted by atomic mass is 9.94. The average molecular weight is 227 g/mol. The van der Waals surface area contributed by atoms with Gasteiger partial charge in [0, 0.05) is 14.1 Å². The Hall–Kier alpha value is -0.610. The number of piperidine rings is 1. The fourth-order valence-corrected chi connectivity index (χ4v) is 2.02. The predicted octanol–water partition coefficient (Wildman–Crippen LogP) is 0.396. The smallest absolute Gasteiger partial charge is 0.236 e. The van der Waals surface area contributed by atoms with Crippen molar-refractivity contribution in [3.8, 4) is 0 Å². The van der Waals surface area contributed by atoms with E-state index < -0.39 is 0 Å². The molecule has 1 N–H and O–H groups in total. The van der Waals surface area contributed by atoms with Gasteiger partial charge in [0.2, 0.25) is 5.91 Å². The molecule has 0 aliphatic carbocycles. The van der Waals surface area contributed by atoms with Crippen molar-refractivity contribution >= 4 is 5.91 Å². The van der Waals surface area contributed by atoms with Gasteiger partial charge in [-0.05, 0) is 51.9 Å². The van der Waals surface area contributed by atoms with E-state index in [1.165, 1.54) is 19.3 Å². The highest BCUT2D eigenvalue weighted by atomic mass is 16.2. The largest absolute Gasteiger partial charge is 0.348 e. The van der Waals surface area contributed by atoms with E-state index >= 15 is 0 Å². The van der Waals surface area contributed by atoms with Crippen LogP contribution in [-0.2, 0) is 4.79 Å². The Morgan fingerprint density at radius 2 is 1.88 bits per heavy atom. The first kappa shape index (κ1) is 13.5. The molecule has 0 radical (unpaired) electrons. The monoisotopic (exact) mass is 227 g/mol. The van der Waals surface area contributed by atoms with Crippen LogP contribution in [0.2, 0.25) is 0 Å². The van der Waals surface area contributed by atoms with Gasteiger partial charge in [0.1, 0.15) is 0 Å². The van der Waals surface area contributed by atoms with E-state index in [4.69, 9.17) is 0 Å². The molecule has 4 heteroatoms. The fraction of sp³-hybridized carbons (Fsp3) is 0.917. The van der Waals surface area contributed by atoms with Crippen molar-refractivity contribution in [2.24, 2.45) is 5.92 Å². The molecule has 1 amide bonds. The maximum Gasteiger partial charge on any atom is 0.236 e. The van der Waals surface area contributed by atoms with Crippen molar-refractivity contribution in [2.75, 3.05) is 47.3 Å². The Morgan fingerprint density at radius 1 is 1.25 bits per heavy atom.